The molecule has 4 rings (SSSR count). The fourth-order valence-electron chi connectivity index (χ4n) is 4.13. The third-order valence-electron chi connectivity index (χ3n) is 5.85. The normalized spacial score (nSPS) is 15.2. The standard InChI is InChI=1S/C27H27N3O3/c1-30-18-21-14-8-9-15-22(21)26(27(30)33)29-24(32)17-16-23(31)28-25(19-10-4-2-5-11-19)20-12-6-3-7-13-20/h2-15,25-26H,16-18H2,1H3,(H,28,31)(H,29,32). The van der Waals surface area contributed by atoms with Crippen molar-refractivity contribution in [2.75, 3.05) is 7.05 Å². The van der Waals surface area contributed by atoms with Crippen molar-refractivity contribution in [3.8, 4) is 0 Å². The molecule has 0 fully saturated rings. The molecule has 6 heteroatoms. The predicted molar refractivity (Wildman–Crippen MR) is 126 cm³/mol. The second-order valence-corrected chi connectivity index (χ2v) is 8.22. The van der Waals surface area contributed by atoms with E-state index in [4.69, 9.17) is 0 Å². The molecule has 0 aromatic heterocycles. The second kappa shape index (κ2) is 10.1. The third kappa shape index (κ3) is 5.29. The molecule has 1 atom stereocenters. The van der Waals surface area contributed by atoms with E-state index in [1.165, 1.54) is 0 Å². The zero-order valence-electron chi connectivity index (χ0n) is 18.5. The van der Waals surface area contributed by atoms with E-state index in [-0.39, 0.29) is 36.6 Å². The van der Waals surface area contributed by atoms with E-state index >= 15 is 0 Å². The van der Waals surface area contributed by atoms with Gasteiger partial charge in [0.1, 0.15) is 6.04 Å². The van der Waals surface area contributed by atoms with E-state index in [2.05, 4.69) is 10.6 Å². The lowest BCUT2D eigenvalue weighted by atomic mass is 9.95. The van der Waals surface area contributed by atoms with Gasteiger partial charge in [0, 0.05) is 26.4 Å². The fraction of sp³-hybridized carbons (Fsp3) is 0.222. The molecule has 0 bridgehead atoms. The van der Waals surface area contributed by atoms with Crippen molar-refractivity contribution < 1.29 is 14.4 Å². The number of fused-ring (bicyclic) bond motifs is 1. The summed E-state index contributed by atoms with van der Waals surface area (Å²) in [4.78, 5) is 39.6. The summed E-state index contributed by atoms with van der Waals surface area (Å²) in [7, 11) is 1.72. The van der Waals surface area contributed by atoms with Gasteiger partial charge in [-0.3, -0.25) is 14.4 Å². The fourth-order valence-corrected chi connectivity index (χ4v) is 4.13. The molecule has 1 unspecified atom stereocenters. The van der Waals surface area contributed by atoms with Crippen molar-refractivity contribution in [2.24, 2.45) is 0 Å². The van der Waals surface area contributed by atoms with Crippen molar-refractivity contribution in [1.29, 1.82) is 0 Å². The van der Waals surface area contributed by atoms with Crippen LogP contribution in [0, 0.1) is 0 Å². The Morgan fingerprint density at radius 1 is 0.848 bits per heavy atom. The number of hydrogen-bond donors (Lipinski definition) is 2. The highest BCUT2D eigenvalue weighted by Crippen LogP contribution is 2.27. The maximum Gasteiger partial charge on any atom is 0.249 e. The Hall–Kier alpha value is -3.93. The first-order valence-electron chi connectivity index (χ1n) is 11.0. The molecule has 3 aromatic carbocycles. The minimum Gasteiger partial charge on any atom is -0.345 e. The number of nitrogens with zero attached hydrogens (tertiary/aromatic N) is 1. The highest BCUT2D eigenvalue weighted by atomic mass is 16.2. The van der Waals surface area contributed by atoms with Gasteiger partial charge >= 0.3 is 0 Å². The van der Waals surface area contributed by atoms with Crippen LogP contribution in [0.25, 0.3) is 0 Å². The first-order valence-corrected chi connectivity index (χ1v) is 11.0. The van der Waals surface area contributed by atoms with E-state index in [1.807, 2.05) is 84.9 Å². The third-order valence-corrected chi connectivity index (χ3v) is 5.85. The lowest BCUT2D eigenvalue weighted by molar-refractivity contribution is -0.137. The smallest absolute Gasteiger partial charge is 0.249 e. The average Bonchev–Trinajstić information content (AvgIpc) is 2.85. The highest BCUT2D eigenvalue weighted by Gasteiger charge is 2.32. The number of rotatable bonds is 7. The van der Waals surface area contributed by atoms with Gasteiger partial charge in [-0.15, -0.1) is 0 Å². The summed E-state index contributed by atoms with van der Waals surface area (Å²) in [6, 6.07) is 26.0. The molecule has 3 amide bonds. The first-order chi connectivity index (χ1) is 16.0. The van der Waals surface area contributed by atoms with E-state index in [0.717, 1.165) is 22.3 Å². The molecule has 1 aliphatic rings. The van der Waals surface area contributed by atoms with Crippen molar-refractivity contribution in [2.45, 2.75) is 31.5 Å². The molecular weight excluding hydrogens is 414 g/mol. The highest BCUT2D eigenvalue weighted by molar-refractivity contribution is 5.91. The number of likely N-dealkylation sites (N-methyl/N-ethyl adjacent to an activating group) is 1. The zero-order chi connectivity index (χ0) is 23.2. The largest absolute Gasteiger partial charge is 0.345 e. The van der Waals surface area contributed by atoms with Crippen molar-refractivity contribution in [1.82, 2.24) is 15.5 Å². The SMILES string of the molecule is CN1Cc2ccccc2C(NC(=O)CCC(=O)NC(c2ccccc2)c2ccccc2)C1=O. The Kier molecular flexibility index (Phi) is 6.83. The summed E-state index contributed by atoms with van der Waals surface area (Å²) in [5.74, 6) is -0.709. The van der Waals surface area contributed by atoms with Crippen LogP contribution in [0.4, 0.5) is 0 Å². The van der Waals surface area contributed by atoms with Crippen molar-refractivity contribution in [3.05, 3.63) is 107 Å². The molecular formula is C27H27N3O3. The van der Waals surface area contributed by atoms with Crippen LogP contribution in [0.2, 0.25) is 0 Å². The maximum absolute atomic E-state index is 12.7. The lowest BCUT2D eigenvalue weighted by Crippen LogP contribution is -2.44. The van der Waals surface area contributed by atoms with E-state index in [0.29, 0.717) is 6.54 Å². The first kappa shape index (κ1) is 22.3. The van der Waals surface area contributed by atoms with E-state index < -0.39 is 6.04 Å². The summed E-state index contributed by atoms with van der Waals surface area (Å²) in [6.07, 6.45) is 0.0260. The molecule has 1 aliphatic heterocycles. The molecule has 33 heavy (non-hydrogen) atoms. The predicted octanol–water partition coefficient (Wildman–Crippen LogP) is 3.50. The van der Waals surface area contributed by atoms with Gasteiger partial charge in [0.2, 0.25) is 17.7 Å². The summed E-state index contributed by atoms with van der Waals surface area (Å²) in [5, 5.41) is 5.86. The van der Waals surface area contributed by atoms with Crippen LogP contribution < -0.4 is 10.6 Å². The van der Waals surface area contributed by atoms with E-state index in [9.17, 15) is 14.4 Å². The second-order valence-electron chi connectivity index (χ2n) is 8.22. The molecule has 168 valence electrons. The minimum absolute atomic E-state index is 0.00219. The number of nitrogens with one attached hydrogen (secondary N) is 2. The van der Waals surface area contributed by atoms with Gasteiger partial charge < -0.3 is 15.5 Å². The van der Waals surface area contributed by atoms with E-state index in [1.54, 1.807) is 11.9 Å². The Morgan fingerprint density at radius 3 is 2.03 bits per heavy atom. The van der Waals surface area contributed by atoms with Crippen LogP contribution in [0.3, 0.4) is 0 Å². The van der Waals surface area contributed by atoms with Crippen molar-refractivity contribution >= 4 is 17.7 Å². The summed E-state index contributed by atoms with van der Waals surface area (Å²) in [5.41, 5.74) is 3.76. The van der Waals surface area contributed by atoms with Gasteiger partial charge in [0.15, 0.2) is 0 Å². The number of carbonyl (C=O) groups excluding carboxylic acids is 3. The van der Waals surface area contributed by atoms with Crippen LogP contribution >= 0.6 is 0 Å². The Morgan fingerprint density at radius 2 is 1.39 bits per heavy atom. The Labute approximate surface area is 193 Å². The molecule has 0 spiro atoms. The molecule has 0 saturated heterocycles. The number of carbonyl (C=O) groups is 3. The molecule has 6 nitrogen and oxygen atoms in total. The number of benzene rings is 3. The van der Waals surface area contributed by atoms with Gasteiger partial charge in [0.05, 0.1) is 6.04 Å². The summed E-state index contributed by atoms with van der Waals surface area (Å²) in [6.45, 7) is 0.518. The minimum atomic E-state index is -0.725. The monoisotopic (exact) mass is 441 g/mol. The van der Waals surface area contributed by atoms with Crippen LogP contribution in [0.5, 0.6) is 0 Å². The lowest BCUT2D eigenvalue weighted by Gasteiger charge is -2.32. The van der Waals surface area contributed by atoms with Crippen LogP contribution in [0.15, 0.2) is 84.9 Å². The quantitative estimate of drug-likeness (QED) is 0.589. The molecule has 2 N–H and O–H groups in total. The Balaban J connectivity index is 1.39. The average molecular weight is 442 g/mol. The van der Waals surface area contributed by atoms with Gasteiger partial charge in [-0.25, -0.2) is 0 Å². The molecule has 0 saturated carbocycles. The van der Waals surface area contributed by atoms with Gasteiger partial charge in [0.25, 0.3) is 0 Å². The number of hydrogen-bond acceptors (Lipinski definition) is 3. The maximum atomic E-state index is 12.7. The van der Waals surface area contributed by atoms with Gasteiger partial charge in [-0.2, -0.15) is 0 Å². The topological polar surface area (TPSA) is 78.5 Å². The summed E-state index contributed by atoms with van der Waals surface area (Å²) >= 11 is 0. The van der Waals surface area contributed by atoms with Gasteiger partial charge in [-0.1, -0.05) is 84.9 Å². The Bertz CT molecular complexity index is 1090. The summed E-state index contributed by atoms with van der Waals surface area (Å²) < 4.78 is 0. The van der Waals surface area contributed by atoms with Gasteiger partial charge in [-0.05, 0) is 22.3 Å². The molecule has 0 radical (unpaired) electrons. The zero-order valence-corrected chi connectivity index (χ0v) is 18.5. The van der Waals surface area contributed by atoms with Crippen LogP contribution in [0.1, 0.15) is 47.2 Å². The van der Waals surface area contributed by atoms with Crippen LogP contribution in [-0.4, -0.2) is 29.7 Å². The molecule has 3 aromatic rings. The van der Waals surface area contributed by atoms with Crippen LogP contribution in [-0.2, 0) is 20.9 Å². The van der Waals surface area contributed by atoms with Crippen molar-refractivity contribution in [3.63, 3.8) is 0 Å². The number of amides is 3. The molecule has 1 heterocycles. The molecule has 0 aliphatic carbocycles.